The third kappa shape index (κ3) is 2.87. The summed E-state index contributed by atoms with van der Waals surface area (Å²) in [6.07, 6.45) is 12.6. The molecule has 3 nitrogen and oxygen atoms in total. The highest BCUT2D eigenvalue weighted by molar-refractivity contribution is 5.76. The van der Waals surface area contributed by atoms with Crippen molar-refractivity contribution < 1.29 is 15.0 Å². The fraction of sp³-hybridized carbons (Fsp3) is 0.900. The van der Waals surface area contributed by atoms with E-state index in [1.165, 1.54) is 18.4 Å². The molecule has 0 radical (unpaired) electrons. The fourth-order valence-corrected chi connectivity index (χ4v) is 10.6. The smallest absolute Gasteiger partial charge is 0.310 e. The zero-order chi connectivity index (χ0) is 24.2. The van der Waals surface area contributed by atoms with Gasteiger partial charge in [-0.15, -0.1) is 0 Å². The first-order valence-electron chi connectivity index (χ1n) is 13.8. The third-order valence-electron chi connectivity index (χ3n) is 13.0. The maximum absolute atomic E-state index is 12.8. The second kappa shape index (κ2) is 6.89. The minimum Gasteiger partial charge on any atom is -0.481 e. The van der Waals surface area contributed by atoms with E-state index in [1.807, 2.05) is 0 Å². The average molecular weight is 457 g/mol. The van der Waals surface area contributed by atoms with Crippen LogP contribution in [0.4, 0.5) is 0 Å². The third-order valence-corrected chi connectivity index (χ3v) is 13.0. The molecule has 33 heavy (non-hydrogen) atoms. The van der Waals surface area contributed by atoms with E-state index in [0.29, 0.717) is 11.8 Å². The Labute approximate surface area is 201 Å². The number of allylic oxidation sites excluding steroid dienone is 2. The van der Waals surface area contributed by atoms with Crippen LogP contribution in [-0.2, 0) is 4.79 Å². The number of hydrogen-bond donors (Lipinski definition) is 2. The van der Waals surface area contributed by atoms with Crippen molar-refractivity contribution in [3.05, 3.63) is 11.6 Å². The number of carboxylic acids is 1. The highest BCUT2D eigenvalue weighted by atomic mass is 16.4. The Hall–Kier alpha value is -0.830. The number of carbonyl (C=O) groups is 1. The summed E-state index contributed by atoms with van der Waals surface area (Å²) < 4.78 is 0. The predicted molar refractivity (Wildman–Crippen MR) is 133 cm³/mol. The van der Waals surface area contributed by atoms with E-state index >= 15 is 0 Å². The van der Waals surface area contributed by atoms with Crippen LogP contribution in [0.5, 0.6) is 0 Å². The molecule has 0 aromatic heterocycles. The Morgan fingerprint density at radius 1 is 0.879 bits per heavy atom. The number of fused-ring (bicyclic) bond motifs is 7. The summed E-state index contributed by atoms with van der Waals surface area (Å²) in [5, 5.41) is 21.4. The molecular weight excluding hydrogens is 408 g/mol. The van der Waals surface area contributed by atoms with Gasteiger partial charge < -0.3 is 10.2 Å². The molecule has 0 aromatic rings. The molecule has 5 aliphatic carbocycles. The number of hydrogen-bond acceptors (Lipinski definition) is 2. The molecule has 0 bridgehead atoms. The Bertz CT molecular complexity index is 885. The zero-order valence-corrected chi connectivity index (χ0v) is 22.3. The summed E-state index contributed by atoms with van der Waals surface area (Å²) in [6.45, 7) is 16.9. The molecule has 0 spiro atoms. The van der Waals surface area contributed by atoms with E-state index in [-0.39, 0.29) is 39.1 Å². The van der Waals surface area contributed by atoms with Gasteiger partial charge in [0.15, 0.2) is 0 Å². The summed E-state index contributed by atoms with van der Waals surface area (Å²) >= 11 is 0. The second-order valence-electron chi connectivity index (χ2n) is 15.1. The maximum atomic E-state index is 12.8. The number of aliphatic hydroxyl groups excluding tert-OH is 1. The second-order valence-corrected chi connectivity index (χ2v) is 15.1. The maximum Gasteiger partial charge on any atom is 0.310 e. The Morgan fingerprint density at radius 3 is 2.21 bits per heavy atom. The summed E-state index contributed by atoms with van der Waals surface area (Å²) in [6, 6.07) is 0. The molecule has 3 unspecified atom stereocenters. The van der Waals surface area contributed by atoms with Crippen molar-refractivity contribution in [1.82, 2.24) is 0 Å². The van der Waals surface area contributed by atoms with Crippen LogP contribution in [0.1, 0.15) is 113 Å². The van der Waals surface area contributed by atoms with Crippen molar-refractivity contribution in [2.24, 2.45) is 50.2 Å². The summed E-state index contributed by atoms with van der Waals surface area (Å²) in [5.41, 5.74) is 1.68. The molecule has 2 N–H and O–H groups in total. The van der Waals surface area contributed by atoms with Crippen LogP contribution in [0.25, 0.3) is 0 Å². The molecule has 0 heterocycles. The number of rotatable bonds is 1. The largest absolute Gasteiger partial charge is 0.481 e. The Balaban J connectivity index is 1.60. The molecular formula is C30H48O3. The molecule has 3 heteroatoms. The van der Waals surface area contributed by atoms with Gasteiger partial charge in [-0.2, -0.15) is 0 Å². The van der Waals surface area contributed by atoms with Gasteiger partial charge in [-0.25, -0.2) is 0 Å². The molecule has 4 fully saturated rings. The predicted octanol–water partition coefficient (Wildman–Crippen LogP) is 7.23. The molecule has 0 aromatic carbocycles. The van der Waals surface area contributed by atoms with Crippen LogP contribution in [0.15, 0.2) is 11.6 Å². The molecule has 4 saturated carbocycles. The van der Waals surface area contributed by atoms with E-state index in [2.05, 4.69) is 54.5 Å². The van der Waals surface area contributed by atoms with Crippen molar-refractivity contribution >= 4 is 5.97 Å². The van der Waals surface area contributed by atoms with Crippen LogP contribution in [-0.4, -0.2) is 22.3 Å². The van der Waals surface area contributed by atoms with E-state index in [0.717, 1.165) is 51.4 Å². The normalized spacial score (nSPS) is 52.4. The van der Waals surface area contributed by atoms with Gasteiger partial charge in [0.2, 0.25) is 0 Å². The van der Waals surface area contributed by atoms with Gasteiger partial charge in [0.05, 0.1) is 11.5 Å². The first kappa shape index (κ1) is 23.9. The lowest BCUT2D eigenvalue weighted by molar-refractivity contribution is -0.205. The van der Waals surface area contributed by atoms with Gasteiger partial charge in [0.1, 0.15) is 0 Å². The summed E-state index contributed by atoms with van der Waals surface area (Å²) in [7, 11) is 0. The van der Waals surface area contributed by atoms with Crippen molar-refractivity contribution in [2.75, 3.05) is 0 Å². The van der Waals surface area contributed by atoms with E-state index < -0.39 is 11.4 Å². The lowest BCUT2D eigenvalue weighted by Gasteiger charge is -2.71. The molecule has 186 valence electrons. The first-order valence-corrected chi connectivity index (χ1v) is 13.8. The SMILES string of the molecule is CC1(C)CCC2(C(=O)O)CC[C@@]3(C)C(=CCC4[C@@]5(C)CC[C@H](O)C(C)(C)C5CC[C@]43C)[C@@H]2C1. The molecule has 5 rings (SSSR count). The van der Waals surface area contributed by atoms with E-state index in [1.54, 1.807) is 0 Å². The van der Waals surface area contributed by atoms with Crippen LogP contribution in [0.3, 0.4) is 0 Å². The minimum absolute atomic E-state index is 0.0301. The number of aliphatic hydroxyl groups is 1. The minimum atomic E-state index is -0.553. The van der Waals surface area contributed by atoms with Crippen molar-refractivity contribution in [1.29, 1.82) is 0 Å². The number of carboxylic acid groups (broad SMARTS) is 1. The molecule has 0 aliphatic heterocycles. The van der Waals surface area contributed by atoms with Crippen molar-refractivity contribution in [3.63, 3.8) is 0 Å². The standard InChI is InChI=1S/C30H48O3/c1-25(2)14-16-30(24(32)33)17-15-28(6)19(20(30)18-25)8-9-22-27(5)12-11-23(31)26(3,4)21(27)10-13-29(22,28)7/h8,20-23,31H,9-18H2,1-7H3,(H,32,33)/t20-,21?,22?,23-,27-,28-,29+,30?/m0/s1. The Kier molecular flexibility index (Phi) is 4.99. The topological polar surface area (TPSA) is 57.5 Å². The van der Waals surface area contributed by atoms with Crippen molar-refractivity contribution in [2.45, 2.75) is 119 Å². The van der Waals surface area contributed by atoms with E-state index in [4.69, 9.17) is 0 Å². The van der Waals surface area contributed by atoms with Gasteiger partial charge in [0.25, 0.3) is 0 Å². The summed E-state index contributed by atoms with van der Waals surface area (Å²) in [5.74, 6) is 0.807. The summed E-state index contributed by atoms with van der Waals surface area (Å²) in [4.78, 5) is 12.8. The molecule has 5 aliphatic rings. The lowest BCUT2D eigenvalue weighted by Crippen LogP contribution is -2.65. The van der Waals surface area contributed by atoms with Crippen LogP contribution < -0.4 is 0 Å². The monoisotopic (exact) mass is 456 g/mol. The molecule has 0 saturated heterocycles. The molecule has 0 amide bonds. The van der Waals surface area contributed by atoms with Crippen molar-refractivity contribution in [3.8, 4) is 0 Å². The van der Waals surface area contributed by atoms with Crippen LogP contribution >= 0.6 is 0 Å². The van der Waals surface area contributed by atoms with Crippen LogP contribution in [0, 0.1) is 50.2 Å². The van der Waals surface area contributed by atoms with Gasteiger partial charge in [-0.3, -0.25) is 4.79 Å². The quantitative estimate of drug-likeness (QED) is 0.409. The number of aliphatic carboxylic acids is 1. The van der Waals surface area contributed by atoms with Gasteiger partial charge in [-0.1, -0.05) is 60.1 Å². The Morgan fingerprint density at radius 2 is 1.55 bits per heavy atom. The van der Waals surface area contributed by atoms with Gasteiger partial charge in [-0.05, 0) is 109 Å². The highest BCUT2D eigenvalue weighted by Gasteiger charge is 2.69. The van der Waals surface area contributed by atoms with Gasteiger partial charge in [0, 0.05) is 0 Å². The van der Waals surface area contributed by atoms with Gasteiger partial charge >= 0.3 is 5.97 Å². The lowest BCUT2D eigenvalue weighted by atomic mass is 9.33. The highest BCUT2D eigenvalue weighted by Crippen LogP contribution is 2.75. The zero-order valence-electron chi connectivity index (χ0n) is 22.3. The van der Waals surface area contributed by atoms with Crippen LogP contribution in [0.2, 0.25) is 0 Å². The fourth-order valence-electron chi connectivity index (χ4n) is 10.6. The average Bonchev–Trinajstić information content (AvgIpc) is 2.71. The van der Waals surface area contributed by atoms with E-state index in [9.17, 15) is 15.0 Å². The molecule has 8 atom stereocenters. The first-order chi connectivity index (χ1) is 15.1.